The Kier molecular flexibility index (Phi) is 4.62. The van der Waals surface area contributed by atoms with Crippen LogP contribution in [0.3, 0.4) is 0 Å². The number of nitrogens with two attached hydrogens (primary N) is 1. The number of nitrogens with zero attached hydrogens (tertiary/aromatic N) is 4. The van der Waals surface area contributed by atoms with Crippen LogP contribution in [-0.2, 0) is 5.54 Å². The molecule has 0 amide bonds. The van der Waals surface area contributed by atoms with Gasteiger partial charge < -0.3 is 19.8 Å². The molecule has 28 heavy (non-hydrogen) atoms. The van der Waals surface area contributed by atoms with Crippen molar-refractivity contribution in [1.82, 2.24) is 9.55 Å². The Bertz CT molecular complexity index is 1160. The van der Waals surface area contributed by atoms with Crippen molar-refractivity contribution in [3.05, 3.63) is 35.5 Å². The summed E-state index contributed by atoms with van der Waals surface area (Å²) in [6.45, 7) is 6.03. The highest BCUT2D eigenvalue weighted by atomic mass is 16.5. The summed E-state index contributed by atoms with van der Waals surface area (Å²) < 4.78 is 12.9. The molecule has 3 aromatic rings. The zero-order chi connectivity index (χ0) is 20.6. The molecule has 0 aliphatic carbocycles. The van der Waals surface area contributed by atoms with Gasteiger partial charge in [0, 0.05) is 28.2 Å². The van der Waals surface area contributed by atoms with Gasteiger partial charge in [-0.15, -0.1) is 0 Å². The van der Waals surface area contributed by atoms with Crippen molar-refractivity contribution in [1.29, 1.82) is 10.5 Å². The summed E-state index contributed by atoms with van der Waals surface area (Å²) in [5.74, 6) is 1.07. The lowest BCUT2D eigenvalue weighted by Gasteiger charge is -2.22. The second kappa shape index (κ2) is 6.79. The van der Waals surface area contributed by atoms with E-state index >= 15 is 0 Å². The predicted octanol–water partition coefficient (Wildman–Crippen LogP) is 3.80. The van der Waals surface area contributed by atoms with Crippen molar-refractivity contribution in [2.75, 3.05) is 20.0 Å². The zero-order valence-electron chi connectivity index (χ0n) is 16.5. The summed E-state index contributed by atoms with van der Waals surface area (Å²) in [5.41, 5.74) is 8.10. The van der Waals surface area contributed by atoms with E-state index in [4.69, 9.17) is 15.2 Å². The van der Waals surface area contributed by atoms with Gasteiger partial charge in [-0.3, -0.25) is 0 Å². The molecule has 2 aromatic heterocycles. The minimum atomic E-state index is -0.337. The summed E-state index contributed by atoms with van der Waals surface area (Å²) in [4.78, 5) is 4.46. The molecule has 0 unspecified atom stereocenters. The second-order valence-electron chi connectivity index (χ2n) is 7.29. The summed E-state index contributed by atoms with van der Waals surface area (Å²) in [6.07, 6.45) is 1.74. The van der Waals surface area contributed by atoms with Gasteiger partial charge in [-0.1, -0.05) is 12.1 Å². The second-order valence-corrected chi connectivity index (χ2v) is 7.29. The average Bonchev–Trinajstić information content (AvgIpc) is 3.04. The van der Waals surface area contributed by atoms with Gasteiger partial charge in [0.25, 0.3) is 0 Å². The first-order valence-corrected chi connectivity index (χ1v) is 8.65. The normalized spacial score (nSPS) is 11.1. The molecule has 7 nitrogen and oxygen atoms in total. The molecule has 142 valence electrons. The largest absolute Gasteiger partial charge is 0.493 e. The SMILES string of the molecule is COc1cccc(-c2c(C#N)c(N)nc3c2c(C#N)cn3C(C)(C)C)c1OC. The fourth-order valence-electron chi connectivity index (χ4n) is 3.34. The number of anilines is 1. The van der Waals surface area contributed by atoms with E-state index < -0.39 is 0 Å². The summed E-state index contributed by atoms with van der Waals surface area (Å²) in [6, 6.07) is 9.74. The Morgan fingerprint density at radius 2 is 1.82 bits per heavy atom. The molecular weight excluding hydrogens is 354 g/mol. The van der Waals surface area contributed by atoms with E-state index in [1.807, 2.05) is 31.4 Å². The molecule has 2 heterocycles. The third kappa shape index (κ3) is 2.78. The van der Waals surface area contributed by atoms with Crippen LogP contribution in [0.25, 0.3) is 22.2 Å². The minimum Gasteiger partial charge on any atom is -0.493 e. The van der Waals surface area contributed by atoms with Crippen LogP contribution in [0, 0.1) is 22.7 Å². The Balaban J connectivity index is 2.59. The van der Waals surface area contributed by atoms with Crippen molar-refractivity contribution in [3.8, 4) is 34.8 Å². The molecule has 0 fully saturated rings. The van der Waals surface area contributed by atoms with Crippen molar-refractivity contribution >= 4 is 16.9 Å². The molecule has 1 aromatic carbocycles. The van der Waals surface area contributed by atoms with Crippen molar-refractivity contribution in [2.24, 2.45) is 0 Å². The van der Waals surface area contributed by atoms with Crippen LogP contribution in [0.15, 0.2) is 24.4 Å². The van der Waals surface area contributed by atoms with Crippen molar-refractivity contribution < 1.29 is 9.47 Å². The Morgan fingerprint density at radius 1 is 1.11 bits per heavy atom. The predicted molar refractivity (Wildman–Crippen MR) is 107 cm³/mol. The number of methoxy groups -OCH3 is 2. The number of nitriles is 2. The van der Waals surface area contributed by atoms with E-state index in [0.717, 1.165) is 0 Å². The maximum Gasteiger partial charge on any atom is 0.168 e. The molecule has 0 bridgehead atoms. The number of ether oxygens (including phenoxy) is 2. The lowest BCUT2D eigenvalue weighted by molar-refractivity contribution is 0.356. The highest BCUT2D eigenvalue weighted by Crippen LogP contribution is 2.44. The van der Waals surface area contributed by atoms with Gasteiger partial charge in [0.1, 0.15) is 29.2 Å². The maximum atomic E-state index is 9.81. The van der Waals surface area contributed by atoms with Crippen molar-refractivity contribution in [3.63, 3.8) is 0 Å². The van der Waals surface area contributed by atoms with Gasteiger partial charge in [0.2, 0.25) is 0 Å². The van der Waals surface area contributed by atoms with Crippen LogP contribution >= 0.6 is 0 Å². The summed E-state index contributed by atoms with van der Waals surface area (Å²) in [5, 5.41) is 20.2. The van der Waals surface area contributed by atoms with Gasteiger partial charge in [-0.05, 0) is 26.8 Å². The molecule has 0 atom stereocenters. The number of fused-ring (bicyclic) bond motifs is 1. The molecule has 0 aliphatic rings. The minimum absolute atomic E-state index is 0.1000. The highest BCUT2D eigenvalue weighted by molar-refractivity contribution is 6.04. The van der Waals surface area contributed by atoms with Crippen molar-refractivity contribution in [2.45, 2.75) is 26.3 Å². The number of benzene rings is 1. The lowest BCUT2D eigenvalue weighted by atomic mass is 9.95. The number of nitrogen functional groups attached to an aromatic ring is 1. The number of hydrogen-bond donors (Lipinski definition) is 1. The van der Waals surface area contributed by atoms with Crippen LogP contribution in [0.2, 0.25) is 0 Å². The third-order valence-electron chi connectivity index (χ3n) is 4.59. The van der Waals surface area contributed by atoms with E-state index in [1.54, 1.807) is 25.4 Å². The van der Waals surface area contributed by atoms with Gasteiger partial charge in [-0.2, -0.15) is 10.5 Å². The standard InChI is InChI=1S/C21H21N5O2/c1-21(2,3)26-11-12(9-22)16-17(14(10-23)19(24)25-20(16)26)13-7-6-8-15(27-4)18(13)28-5/h6-8,11H,1-5H3,(H2,24,25). The fraction of sp³-hybridized carbons (Fsp3) is 0.286. The molecule has 3 rings (SSSR count). The van der Waals surface area contributed by atoms with Gasteiger partial charge in [0.05, 0.1) is 19.8 Å². The topological polar surface area (TPSA) is 110 Å². The molecule has 0 radical (unpaired) electrons. The first kappa shape index (κ1) is 19.1. The number of aromatic nitrogens is 2. The molecule has 7 heteroatoms. The first-order valence-electron chi connectivity index (χ1n) is 8.65. The van der Waals surface area contributed by atoms with Gasteiger partial charge in [-0.25, -0.2) is 4.98 Å². The van der Waals surface area contributed by atoms with Gasteiger partial charge >= 0.3 is 0 Å². The molecule has 0 spiro atoms. The lowest BCUT2D eigenvalue weighted by Crippen LogP contribution is -2.21. The van der Waals surface area contributed by atoms with Crippen LogP contribution < -0.4 is 15.2 Å². The Labute approximate surface area is 163 Å². The zero-order valence-corrected chi connectivity index (χ0v) is 16.5. The summed E-state index contributed by atoms with van der Waals surface area (Å²) in [7, 11) is 3.07. The van der Waals surface area contributed by atoms with Crippen LogP contribution in [0.5, 0.6) is 11.5 Å². The van der Waals surface area contributed by atoms with E-state index in [0.29, 0.717) is 39.2 Å². The molecule has 0 saturated carbocycles. The molecule has 2 N–H and O–H groups in total. The monoisotopic (exact) mass is 375 g/mol. The maximum absolute atomic E-state index is 9.81. The van der Waals surface area contributed by atoms with E-state index in [-0.39, 0.29) is 16.9 Å². The quantitative estimate of drug-likeness (QED) is 0.745. The summed E-state index contributed by atoms with van der Waals surface area (Å²) >= 11 is 0. The molecule has 0 aliphatic heterocycles. The van der Waals surface area contributed by atoms with Crippen LogP contribution in [-0.4, -0.2) is 23.8 Å². The first-order chi connectivity index (χ1) is 13.3. The Morgan fingerprint density at radius 3 is 2.36 bits per heavy atom. The molecular formula is C21H21N5O2. The smallest absolute Gasteiger partial charge is 0.168 e. The molecule has 0 saturated heterocycles. The highest BCUT2D eigenvalue weighted by Gasteiger charge is 2.27. The third-order valence-corrected chi connectivity index (χ3v) is 4.59. The number of para-hydroxylation sites is 1. The van der Waals surface area contributed by atoms with Crippen LogP contribution in [0.4, 0.5) is 5.82 Å². The fourth-order valence-corrected chi connectivity index (χ4v) is 3.34. The van der Waals surface area contributed by atoms with Crippen LogP contribution in [0.1, 0.15) is 31.9 Å². The number of hydrogen-bond acceptors (Lipinski definition) is 6. The van der Waals surface area contributed by atoms with E-state index in [2.05, 4.69) is 17.1 Å². The number of pyridine rings is 1. The van der Waals surface area contributed by atoms with E-state index in [1.165, 1.54) is 7.11 Å². The number of rotatable bonds is 3. The van der Waals surface area contributed by atoms with E-state index in [9.17, 15) is 10.5 Å². The average molecular weight is 375 g/mol. The Hall–Kier alpha value is -3.71. The van der Waals surface area contributed by atoms with Gasteiger partial charge in [0.15, 0.2) is 11.5 Å².